The number of carbonyl (C=O) groups excluding carboxylic acids is 3. The van der Waals surface area contributed by atoms with Crippen molar-refractivity contribution in [1.82, 2.24) is 0 Å². The van der Waals surface area contributed by atoms with Gasteiger partial charge in [-0.2, -0.15) is 0 Å². The van der Waals surface area contributed by atoms with Crippen molar-refractivity contribution < 1.29 is 19.1 Å². The minimum absolute atomic E-state index is 0.0390. The van der Waals surface area contributed by atoms with Crippen molar-refractivity contribution in [2.45, 2.75) is 12.8 Å². The third-order valence-corrected chi connectivity index (χ3v) is 3.83. The minimum Gasteiger partial charge on any atom is -0.469 e. The Morgan fingerprint density at radius 1 is 1.09 bits per heavy atom. The third kappa shape index (κ3) is 4.26. The van der Waals surface area contributed by atoms with Gasteiger partial charge in [0.15, 0.2) is 0 Å². The number of hydrogen-bond donors (Lipinski definition) is 1. The number of nitrogens with one attached hydrogen (secondary N) is 1. The average Bonchev–Trinajstić information content (AvgIpc) is 3.07. The van der Waals surface area contributed by atoms with Gasteiger partial charge in [-0.05, 0) is 35.7 Å². The molecule has 0 bridgehead atoms. The molecule has 1 N–H and O–H groups in total. The molecular formula is C16H15NO4S. The Hall–Kier alpha value is -2.47. The minimum atomic E-state index is -0.424. The van der Waals surface area contributed by atoms with Crippen LogP contribution in [-0.4, -0.2) is 24.8 Å². The van der Waals surface area contributed by atoms with Crippen LogP contribution in [0.15, 0.2) is 41.8 Å². The Balaban J connectivity index is 1.93. The summed E-state index contributed by atoms with van der Waals surface area (Å²) in [6.45, 7) is 0. The molecule has 1 aromatic heterocycles. The molecule has 1 aromatic carbocycles. The average molecular weight is 317 g/mol. The van der Waals surface area contributed by atoms with E-state index in [-0.39, 0.29) is 24.5 Å². The highest BCUT2D eigenvalue weighted by Crippen LogP contribution is 2.17. The Morgan fingerprint density at radius 3 is 2.41 bits per heavy atom. The number of hydrogen-bond acceptors (Lipinski definition) is 5. The number of carbonyl (C=O) groups is 3. The zero-order chi connectivity index (χ0) is 15.9. The summed E-state index contributed by atoms with van der Waals surface area (Å²) in [5.74, 6) is -0.742. The lowest BCUT2D eigenvalue weighted by atomic mass is 10.1. The summed E-state index contributed by atoms with van der Waals surface area (Å²) in [5.41, 5.74) is 1.15. The van der Waals surface area contributed by atoms with Crippen LogP contribution in [-0.2, 0) is 14.3 Å². The van der Waals surface area contributed by atoms with Gasteiger partial charge in [0.05, 0.1) is 18.4 Å². The molecule has 1 amide bonds. The van der Waals surface area contributed by atoms with Crippen LogP contribution in [0.4, 0.5) is 5.69 Å². The highest BCUT2D eigenvalue weighted by molar-refractivity contribution is 7.12. The summed E-state index contributed by atoms with van der Waals surface area (Å²) in [6.07, 6.45) is 0.0971. The van der Waals surface area contributed by atoms with E-state index in [1.165, 1.54) is 18.4 Å². The molecule has 0 aliphatic carbocycles. The summed E-state index contributed by atoms with van der Waals surface area (Å²) < 4.78 is 4.47. The highest BCUT2D eigenvalue weighted by Gasteiger charge is 2.11. The van der Waals surface area contributed by atoms with E-state index in [0.29, 0.717) is 16.1 Å². The van der Waals surface area contributed by atoms with Crippen molar-refractivity contribution in [1.29, 1.82) is 0 Å². The molecule has 2 aromatic rings. The molecule has 22 heavy (non-hydrogen) atoms. The van der Waals surface area contributed by atoms with Crippen LogP contribution in [0.2, 0.25) is 0 Å². The van der Waals surface area contributed by atoms with E-state index in [2.05, 4.69) is 10.1 Å². The Morgan fingerprint density at radius 2 is 1.82 bits per heavy atom. The van der Waals surface area contributed by atoms with E-state index in [1.807, 2.05) is 11.4 Å². The van der Waals surface area contributed by atoms with Crippen molar-refractivity contribution in [3.05, 3.63) is 52.2 Å². The van der Waals surface area contributed by atoms with Crippen molar-refractivity contribution >= 4 is 34.7 Å². The number of esters is 1. The summed E-state index contributed by atoms with van der Waals surface area (Å²) in [4.78, 5) is 35.4. The number of ether oxygens (including phenoxy) is 1. The highest BCUT2D eigenvalue weighted by atomic mass is 32.1. The Labute approximate surface area is 131 Å². The van der Waals surface area contributed by atoms with Crippen LogP contribution in [0, 0.1) is 0 Å². The van der Waals surface area contributed by atoms with Crippen LogP contribution in [0.1, 0.15) is 28.1 Å². The number of thiophene rings is 1. The first-order chi connectivity index (χ1) is 10.6. The Bertz CT molecular complexity index is 662. The van der Waals surface area contributed by atoms with Crippen molar-refractivity contribution in [2.24, 2.45) is 0 Å². The smallest absolute Gasteiger partial charge is 0.306 e. The lowest BCUT2D eigenvalue weighted by molar-refractivity contribution is -0.141. The van der Waals surface area contributed by atoms with Crippen molar-refractivity contribution in [3.63, 3.8) is 0 Å². The van der Waals surface area contributed by atoms with Crippen LogP contribution in [0.25, 0.3) is 0 Å². The van der Waals surface area contributed by atoms with Crippen molar-refractivity contribution in [3.8, 4) is 0 Å². The second-order valence-electron chi connectivity index (χ2n) is 4.51. The summed E-state index contributed by atoms with van der Waals surface area (Å²) in [5, 5.41) is 4.52. The second-order valence-corrected chi connectivity index (χ2v) is 5.46. The molecule has 0 aliphatic heterocycles. The summed E-state index contributed by atoms with van der Waals surface area (Å²) in [7, 11) is 1.28. The predicted octanol–water partition coefficient (Wildman–Crippen LogP) is 2.87. The van der Waals surface area contributed by atoms with Crippen molar-refractivity contribution in [2.75, 3.05) is 12.4 Å². The summed E-state index contributed by atoms with van der Waals surface area (Å²) >= 11 is 1.39. The number of amides is 1. The first-order valence-electron chi connectivity index (χ1n) is 6.65. The van der Waals surface area contributed by atoms with Gasteiger partial charge < -0.3 is 10.1 Å². The fourth-order valence-electron chi connectivity index (χ4n) is 1.80. The molecule has 114 valence electrons. The monoisotopic (exact) mass is 317 g/mol. The lowest BCUT2D eigenvalue weighted by Crippen LogP contribution is -2.14. The van der Waals surface area contributed by atoms with Crippen LogP contribution < -0.4 is 5.32 Å². The molecule has 1 heterocycles. The molecule has 0 fully saturated rings. The number of ketones is 1. The van der Waals surface area contributed by atoms with E-state index >= 15 is 0 Å². The van der Waals surface area contributed by atoms with Gasteiger partial charge in [-0.3, -0.25) is 14.4 Å². The fourth-order valence-corrected chi connectivity index (χ4v) is 2.48. The molecule has 0 atom stereocenters. The van der Waals surface area contributed by atoms with Gasteiger partial charge in [-0.1, -0.05) is 6.07 Å². The fraction of sp³-hybridized carbons (Fsp3) is 0.188. The van der Waals surface area contributed by atoms with E-state index in [1.54, 1.807) is 30.3 Å². The maximum absolute atomic E-state index is 12.1. The van der Waals surface area contributed by atoms with E-state index in [9.17, 15) is 14.4 Å². The van der Waals surface area contributed by atoms with Crippen LogP contribution >= 0.6 is 11.3 Å². The maximum Gasteiger partial charge on any atom is 0.306 e. The molecular weight excluding hydrogens is 302 g/mol. The van der Waals surface area contributed by atoms with Crippen LogP contribution in [0.5, 0.6) is 0 Å². The second kappa shape index (κ2) is 7.51. The van der Waals surface area contributed by atoms with E-state index < -0.39 is 5.97 Å². The standard InChI is InChI=1S/C16H15NO4S/c1-21-15(19)9-8-14(18)17-12-6-4-11(5-7-12)16(20)13-3-2-10-22-13/h2-7,10H,8-9H2,1H3,(H,17,18). The first-order valence-corrected chi connectivity index (χ1v) is 7.53. The quantitative estimate of drug-likeness (QED) is 0.657. The van der Waals surface area contributed by atoms with E-state index in [0.717, 1.165) is 0 Å². The SMILES string of the molecule is COC(=O)CCC(=O)Nc1ccc(C(=O)c2cccs2)cc1. The van der Waals surface area contributed by atoms with Gasteiger partial charge in [0.2, 0.25) is 11.7 Å². The molecule has 0 saturated heterocycles. The molecule has 0 spiro atoms. The van der Waals surface area contributed by atoms with Gasteiger partial charge in [-0.15, -0.1) is 11.3 Å². The number of anilines is 1. The van der Waals surface area contributed by atoms with Gasteiger partial charge in [-0.25, -0.2) is 0 Å². The zero-order valence-electron chi connectivity index (χ0n) is 12.0. The molecule has 2 rings (SSSR count). The molecule has 0 aliphatic rings. The topological polar surface area (TPSA) is 72.5 Å². The molecule has 0 unspecified atom stereocenters. The predicted molar refractivity (Wildman–Crippen MR) is 84.1 cm³/mol. The first kappa shape index (κ1) is 15.9. The van der Waals surface area contributed by atoms with Crippen LogP contribution in [0.3, 0.4) is 0 Å². The van der Waals surface area contributed by atoms with Gasteiger partial charge in [0.25, 0.3) is 0 Å². The number of methoxy groups -OCH3 is 1. The Kier molecular flexibility index (Phi) is 5.43. The third-order valence-electron chi connectivity index (χ3n) is 2.96. The lowest BCUT2D eigenvalue weighted by Gasteiger charge is -2.05. The number of benzene rings is 1. The van der Waals surface area contributed by atoms with Gasteiger partial charge in [0.1, 0.15) is 0 Å². The molecule has 0 radical (unpaired) electrons. The van der Waals surface area contributed by atoms with Gasteiger partial charge >= 0.3 is 5.97 Å². The zero-order valence-corrected chi connectivity index (χ0v) is 12.8. The molecule has 5 nitrogen and oxygen atoms in total. The maximum atomic E-state index is 12.1. The molecule has 6 heteroatoms. The van der Waals surface area contributed by atoms with E-state index in [4.69, 9.17) is 0 Å². The normalized spacial score (nSPS) is 10.0. The summed E-state index contributed by atoms with van der Waals surface area (Å²) in [6, 6.07) is 10.3. The largest absolute Gasteiger partial charge is 0.469 e. The molecule has 0 saturated carbocycles. The number of rotatable bonds is 6. The van der Waals surface area contributed by atoms with Gasteiger partial charge in [0, 0.05) is 17.7 Å².